The summed E-state index contributed by atoms with van der Waals surface area (Å²) < 4.78 is 7.45. The smallest absolute Gasteiger partial charge is 0.213 e. The first-order chi connectivity index (χ1) is 11.3. The Morgan fingerprint density at radius 3 is 2.91 bits per heavy atom. The van der Waals surface area contributed by atoms with Crippen molar-refractivity contribution in [3.8, 4) is 17.1 Å². The fourth-order valence-corrected chi connectivity index (χ4v) is 4.14. The highest BCUT2D eigenvalue weighted by molar-refractivity contribution is 5.68. The number of imidazole rings is 1. The molecule has 0 radical (unpaired) electrons. The van der Waals surface area contributed by atoms with Crippen LogP contribution in [-0.4, -0.2) is 32.9 Å². The summed E-state index contributed by atoms with van der Waals surface area (Å²) >= 11 is 0. The van der Waals surface area contributed by atoms with E-state index in [-0.39, 0.29) is 12.1 Å². The lowest BCUT2D eigenvalue weighted by atomic mass is 9.82. The van der Waals surface area contributed by atoms with Gasteiger partial charge in [-0.05, 0) is 30.7 Å². The third-order valence-corrected chi connectivity index (χ3v) is 5.42. The molecule has 0 aromatic carbocycles. The third-order valence-electron chi connectivity index (χ3n) is 5.42. The van der Waals surface area contributed by atoms with Gasteiger partial charge in [0.25, 0.3) is 0 Å². The highest BCUT2D eigenvalue weighted by atomic mass is 16.5. The Kier molecular flexibility index (Phi) is 3.81. The molecule has 1 aliphatic heterocycles. The summed E-state index contributed by atoms with van der Waals surface area (Å²) in [4.78, 5) is 8.60. The number of ether oxygens (including phenoxy) is 1. The lowest BCUT2D eigenvalue weighted by Crippen LogP contribution is -2.26. The van der Waals surface area contributed by atoms with Gasteiger partial charge in [0, 0.05) is 17.8 Å². The normalized spacial score (nSPS) is 21.7. The van der Waals surface area contributed by atoms with Gasteiger partial charge in [-0.1, -0.05) is 19.3 Å². The predicted molar refractivity (Wildman–Crippen MR) is 87.3 cm³/mol. The molecular formula is C18H23N3O2. The molecule has 5 heteroatoms. The van der Waals surface area contributed by atoms with Crippen molar-refractivity contribution in [2.75, 3.05) is 7.11 Å². The van der Waals surface area contributed by atoms with Gasteiger partial charge in [0.2, 0.25) is 5.88 Å². The summed E-state index contributed by atoms with van der Waals surface area (Å²) in [6, 6.07) is 2.12. The van der Waals surface area contributed by atoms with Crippen LogP contribution in [0.4, 0.5) is 0 Å². The van der Waals surface area contributed by atoms with Crippen molar-refractivity contribution in [3.05, 3.63) is 30.4 Å². The molecule has 2 aliphatic rings. The van der Waals surface area contributed by atoms with Crippen LogP contribution >= 0.6 is 0 Å². The first-order valence-corrected chi connectivity index (χ1v) is 8.52. The van der Waals surface area contributed by atoms with Crippen LogP contribution in [0.15, 0.2) is 24.8 Å². The maximum atomic E-state index is 10.8. The number of aromatic nitrogens is 3. The second kappa shape index (κ2) is 5.96. The fourth-order valence-electron chi connectivity index (χ4n) is 4.14. The summed E-state index contributed by atoms with van der Waals surface area (Å²) in [5, 5.41) is 10.8. The van der Waals surface area contributed by atoms with Crippen molar-refractivity contribution < 1.29 is 9.84 Å². The third kappa shape index (κ3) is 2.53. The minimum absolute atomic E-state index is 0.122. The molecule has 2 atom stereocenters. The minimum atomic E-state index is -0.263. The van der Waals surface area contributed by atoms with E-state index in [4.69, 9.17) is 4.74 Å². The summed E-state index contributed by atoms with van der Waals surface area (Å²) in [6.07, 6.45) is 12.2. The van der Waals surface area contributed by atoms with Crippen LogP contribution in [0.2, 0.25) is 0 Å². The molecule has 1 aliphatic carbocycles. The standard InChI is InChI=1S/C18H23N3O2/c1-23-18-7-13-14(9-20-18)16-10-19-11-21(16)15(13)8-17(22)12-5-3-2-4-6-12/h7,9-12,15,17,22H,2-6,8H2,1H3. The molecular weight excluding hydrogens is 290 g/mol. The maximum Gasteiger partial charge on any atom is 0.213 e. The lowest BCUT2D eigenvalue weighted by Gasteiger charge is -2.29. The van der Waals surface area contributed by atoms with E-state index < -0.39 is 0 Å². The zero-order valence-electron chi connectivity index (χ0n) is 13.5. The van der Waals surface area contributed by atoms with Gasteiger partial charge in [-0.25, -0.2) is 9.97 Å². The Labute approximate surface area is 136 Å². The molecule has 2 aromatic heterocycles. The van der Waals surface area contributed by atoms with Crippen LogP contribution in [0.1, 0.15) is 50.1 Å². The molecule has 4 rings (SSSR count). The summed E-state index contributed by atoms with van der Waals surface area (Å²) in [5.41, 5.74) is 3.37. The van der Waals surface area contributed by atoms with E-state index >= 15 is 0 Å². The van der Waals surface area contributed by atoms with E-state index in [1.807, 2.05) is 24.8 Å². The molecule has 5 nitrogen and oxygen atoms in total. The average molecular weight is 313 g/mol. The number of hydrogen-bond acceptors (Lipinski definition) is 4. The monoisotopic (exact) mass is 313 g/mol. The summed E-state index contributed by atoms with van der Waals surface area (Å²) in [6.45, 7) is 0. The molecule has 122 valence electrons. The number of pyridine rings is 1. The van der Waals surface area contributed by atoms with Gasteiger partial charge < -0.3 is 14.4 Å². The predicted octanol–water partition coefficient (Wildman–Crippen LogP) is 3.19. The van der Waals surface area contributed by atoms with E-state index in [9.17, 15) is 5.11 Å². The van der Waals surface area contributed by atoms with Gasteiger partial charge in [-0.3, -0.25) is 0 Å². The van der Waals surface area contributed by atoms with E-state index in [0.717, 1.165) is 30.5 Å². The number of methoxy groups -OCH3 is 1. The van der Waals surface area contributed by atoms with Crippen LogP contribution in [0.25, 0.3) is 11.3 Å². The maximum absolute atomic E-state index is 10.8. The molecule has 0 bridgehead atoms. The topological polar surface area (TPSA) is 60.2 Å². The Morgan fingerprint density at radius 1 is 1.30 bits per heavy atom. The Balaban J connectivity index is 1.63. The Bertz CT molecular complexity index is 691. The summed E-state index contributed by atoms with van der Waals surface area (Å²) in [7, 11) is 1.64. The van der Waals surface area contributed by atoms with Crippen LogP contribution in [-0.2, 0) is 0 Å². The molecule has 2 unspecified atom stereocenters. The van der Waals surface area contributed by atoms with Gasteiger partial charge in [0.15, 0.2) is 0 Å². The van der Waals surface area contributed by atoms with Crippen LogP contribution in [0.3, 0.4) is 0 Å². The molecule has 23 heavy (non-hydrogen) atoms. The molecule has 0 spiro atoms. The largest absolute Gasteiger partial charge is 0.481 e. The zero-order chi connectivity index (χ0) is 15.8. The Morgan fingerprint density at radius 2 is 2.13 bits per heavy atom. The molecule has 1 N–H and O–H groups in total. The minimum Gasteiger partial charge on any atom is -0.481 e. The number of aliphatic hydroxyl groups excluding tert-OH is 1. The Hall–Kier alpha value is -1.88. The van der Waals surface area contributed by atoms with Crippen molar-refractivity contribution in [3.63, 3.8) is 0 Å². The van der Waals surface area contributed by atoms with Crippen LogP contribution in [0.5, 0.6) is 5.88 Å². The molecule has 3 heterocycles. The molecule has 1 fully saturated rings. The average Bonchev–Trinajstić information content (AvgIpc) is 3.18. The fraction of sp³-hybridized carbons (Fsp3) is 0.556. The highest BCUT2D eigenvalue weighted by Crippen LogP contribution is 2.43. The van der Waals surface area contributed by atoms with Crippen LogP contribution < -0.4 is 4.74 Å². The zero-order valence-corrected chi connectivity index (χ0v) is 13.5. The number of hydrogen-bond donors (Lipinski definition) is 1. The van der Waals surface area contributed by atoms with Crippen molar-refractivity contribution in [1.29, 1.82) is 0 Å². The quantitative estimate of drug-likeness (QED) is 0.941. The number of fused-ring (bicyclic) bond motifs is 3. The SMILES string of the molecule is COc1cc2c(cn1)-c1cncn1C2CC(O)C1CCCCC1. The van der Waals surface area contributed by atoms with Crippen molar-refractivity contribution in [2.45, 2.75) is 50.7 Å². The van der Waals surface area contributed by atoms with Gasteiger partial charge in [0.1, 0.15) is 0 Å². The van der Waals surface area contributed by atoms with E-state index in [1.54, 1.807) is 7.11 Å². The first kappa shape index (κ1) is 14.7. The molecule has 0 saturated heterocycles. The lowest BCUT2D eigenvalue weighted by molar-refractivity contribution is 0.0686. The molecule has 2 aromatic rings. The van der Waals surface area contributed by atoms with Crippen molar-refractivity contribution in [2.24, 2.45) is 5.92 Å². The van der Waals surface area contributed by atoms with E-state index in [0.29, 0.717) is 11.8 Å². The van der Waals surface area contributed by atoms with E-state index in [2.05, 4.69) is 14.5 Å². The van der Waals surface area contributed by atoms with Crippen LogP contribution in [0, 0.1) is 5.92 Å². The van der Waals surface area contributed by atoms with Gasteiger partial charge in [-0.15, -0.1) is 0 Å². The van der Waals surface area contributed by atoms with Crippen molar-refractivity contribution in [1.82, 2.24) is 14.5 Å². The van der Waals surface area contributed by atoms with Gasteiger partial charge in [0.05, 0.1) is 37.5 Å². The molecule has 1 saturated carbocycles. The van der Waals surface area contributed by atoms with E-state index in [1.165, 1.54) is 24.8 Å². The van der Waals surface area contributed by atoms with Gasteiger partial charge in [-0.2, -0.15) is 0 Å². The first-order valence-electron chi connectivity index (χ1n) is 8.52. The second-order valence-electron chi connectivity index (χ2n) is 6.72. The second-order valence-corrected chi connectivity index (χ2v) is 6.72. The number of aliphatic hydroxyl groups is 1. The van der Waals surface area contributed by atoms with Gasteiger partial charge >= 0.3 is 0 Å². The number of nitrogens with zero attached hydrogens (tertiary/aromatic N) is 3. The van der Waals surface area contributed by atoms with Crippen molar-refractivity contribution >= 4 is 0 Å². The number of rotatable bonds is 4. The summed E-state index contributed by atoms with van der Waals surface area (Å²) in [5.74, 6) is 1.06. The molecule has 0 amide bonds. The highest BCUT2D eigenvalue weighted by Gasteiger charge is 2.33.